The van der Waals surface area contributed by atoms with Crippen molar-refractivity contribution in [2.45, 2.75) is 148 Å². The van der Waals surface area contributed by atoms with E-state index in [0.29, 0.717) is 78.4 Å². The molecule has 0 bridgehead atoms. The van der Waals surface area contributed by atoms with Gasteiger partial charge in [0, 0.05) is 55.7 Å². The molecule has 634 valence electrons. The van der Waals surface area contributed by atoms with Gasteiger partial charge in [-0.15, -0.1) is 0 Å². The molecule has 0 atom stereocenters. The van der Waals surface area contributed by atoms with Crippen molar-refractivity contribution in [1.29, 1.82) is 0 Å². The van der Waals surface area contributed by atoms with Gasteiger partial charge in [0.25, 0.3) is 0 Å². The van der Waals surface area contributed by atoms with Crippen LogP contribution in [0, 0.1) is 0 Å². The first-order valence-corrected chi connectivity index (χ1v) is 40.8. The molecular weight excluding hydrogens is 1530 g/mol. The van der Waals surface area contributed by atoms with Crippen molar-refractivity contribution in [3.8, 4) is 40.2 Å². The number of carboxylic acids is 7. The molecule has 0 aliphatic carbocycles. The van der Waals surface area contributed by atoms with Crippen molar-refractivity contribution in [3.05, 3.63) is 273 Å². The Morgan fingerprint density at radius 3 is 0.692 bits per heavy atom. The minimum absolute atomic E-state index is 0.146. The molecule has 0 aromatic heterocycles. The summed E-state index contributed by atoms with van der Waals surface area (Å²) < 4.78 is 39.1. The van der Waals surface area contributed by atoms with Gasteiger partial charge in [-0.05, 0) is 219 Å². The molecular formula is C99H112O21. The van der Waals surface area contributed by atoms with Gasteiger partial charge in [-0.2, -0.15) is 0 Å². The molecule has 21 heteroatoms. The van der Waals surface area contributed by atoms with Crippen LogP contribution in [0.25, 0.3) is 53.9 Å². The second-order valence-electron chi connectivity index (χ2n) is 27.7. The molecule has 0 unspecified atom stereocenters. The zero-order valence-electron chi connectivity index (χ0n) is 68.0. The molecule has 12 rings (SSSR count). The van der Waals surface area contributed by atoms with E-state index in [1.165, 1.54) is 26.9 Å². The van der Waals surface area contributed by atoms with Crippen LogP contribution in [0.1, 0.15) is 148 Å². The highest BCUT2D eigenvalue weighted by atomic mass is 16.5. The van der Waals surface area contributed by atoms with E-state index >= 15 is 0 Å². The van der Waals surface area contributed by atoms with Crippen LogP contribution in [0.2, 0.25) is 0 Å². The van der Waals surface area contributed by atoms with Gasteiger partial charge < -0.3 is 68.9 Å². The second-order valence-corrected chi connectivity index (χ2v) is 27.7. The molecule has 0 fully saturated rings. The third-order valence-corrected chi connectivity index (χ3v) is 18.0. The van der Waals surface area contributed by atoms with Crippen LogP contribution in [0.15, 0.2) is 273 Å². The van der Waals surface area contributed by atoms with E-state index in [1.54, 1.807) is 0 Å². The molecule has 7 N–H and O–H groups in total. The van der Waals surface area contributed by atoms with Crippen LogP contribution in [0.3, 0.4) is 0 Å². The Bertz CT molecular complexity index is 4930. The highest BCUT2D eigenvalue weighted by Gasteiger charge is 2.08. The van der Waals surface area contributed by atoms with Crippen molar-refractivity contribution >= 4 is 95.6 Å². The van der Waals surface area contributed by atoms with Crippen LogP contribution >= 0.6 is 0 Å². The summed E-state index contributed by atoms with van der Waals surface area (Å²) >= 11 is 0. The predicted molar refractivity (Wildman–Crippen MR) is 471 cm³/mol. The van der Waals surface area contributed by atoms with Gasteiger partial charge in [0.1, 0.15) is 40.2 Å². The molecule has 0 heterocycles. The zero-order valence-corrected chi connectivity index (χ0v) is 68.0. The van der Waals surface area contributed by atoms with E-state index < -0.39 is 41.8 Å². The molecule has 12 aromatic rings. The standard InChI is InChI=1S/2C16H18O3.2C15H16O3.C14H14O3.C12H16O3.C11H14O3/c17-16(18)11-2-1-5-12-19-15-10-6-8-13-7-3-4-9-14(13)15;17-16(18)8-2-1-5-11-19-15-10-9-13-6-3-4-7-14(13)12-15;16-15(17)10-3-4-11-18-14-9-5-7-12-6-1-2-8-13(12)14;16-15(17)7-3-4-10-18-14-9-8-12-5-1-2-6-13(12)11-14;15-14(16)6-3-9-17-13-8-7-11-4-1-2-5-12(11)10-13;13-12(14)9-5-2-6-10-15-11-7-3-1-4-8-11;12-11(13)8-4-5-9-14-10-6-2-1-3-7-10/h3-4,6-10H,1-2,5,11-12H2,(H,17,18);3-4,6-7,9-10,12H,1-2,5,8,11H2,(H,17,18);1-2,5-9H,3-4,10-11H2,(H,16,17);1-2,5-6,8-9,11H,3-4,7,10H2,(H,16,17);1-2,4-5,7-8,10H,3,6,9H2,(H,15,16);1,3-4,7-8H,2,5-6,9-10H2,(H,13,14);1-3,6-7H,4-5,8-9H2,(H,12,13). The van der Waals surface area contributed by atoms with Crippen LogP contribution in [0.5, 0.6) is 40.2 Å². The number of fused-ring (bicyclic) bond motifs is 5. The molecule has 0 radical (unpaired) electrons. The monoisotopic (exact) mass is 1640 g/mol. The molecule has 0 aliphatic rings. The summed E-state index contributed by atoms with van der Waals surface area (Å²) in [5, 5.41) is 71.0. The number of ether oxygens (including phenoxy) is 7. The van der Waals surface area contributed by atoms with Gasteiger partial charge in [0.2, 0.25) is 0 Å². The largest absolute Gasteiger partial charge is 0.494 e. The summed E-state index contributed by atoms with van der Waals surface area (Å²) in [5.74, 6) is 0.760. The quantitative estimate of drug-likeness (QED) is 0.0174. The van der Waals surface area contributed by atoms with Crippen LogP contribution in [-0.4, -0.2) is 124 Å². The number of carboxylic acid groups (broad SMARTS) is 7. The average Bonchev–Trinajstić information content (AvgIpc) is 0.819. The van der Waals surface area contributed by atoms with E-state index in [0.717, 1.165) is 138 Å². The summed E-state index contributed by atoms with van der Waals surface area (Å²) in [4.78, 5) is 72.2. The van der Waals surface area contributed by atoms with Crippen LogP contribution in [-0.2, 0) is 33.6 Å². The molecule has 12 aromatic carbocycles. The lowest BCUT2D eigenvalue weighted by atomic mass is 10.1. The average molecular weight is 1640 g/mol. The number of benzene rings is 12. The lowest BCUT2D eigenvalue weighted by molar-refractivity contribution is -0.138. The Hall–Kier alpha value is -13.2. The number of hydrogen-bond acceptors (Lipinski definition) is 14. The third kappa shape index (κ3) is 42.6. The normalized spacial score (nSPS) is 10.3. The first-order chi connectivity index (χ1) is 58.4. The van der Waals surface area contributed by atoms with Crippen molar-refractivity contribution in [2.75, 3.05) is 46.2 Å². The highest BCUT2D eigenvalue weighted by Crippen LogP contribution is 2.29. The SMILES string of the molecule is O=C(O)CCCCCOc1ccc2ccccc2c1.O=C(O)CCCCCOc1cccc2ccccc12.O=C(O)CCCCCOc1ccccc1.O=C(O)CCCCOc1ccc2ccccc2c1.O=C(O)CCCCOc1cccc2ccccc12.O=C(O)CCCCOc1ccccc1.O=C(O)CCCOc1ccc2ccccc2c1. The number of carbonyl (C=O) groups is 7. The minimum Gasteiger partial charge on any atom is -0.494 e. The van der Waals surface area contributed by atoms with Gasteiger partial charge in [0.15, 0.2) is 0 Å². The van der Waals surface area contributed by atoms with Crippen molar-refractivity contribution in [2.24, 2.45) is 0 Å². The number of para-hydroxylation sites is 2. The van der Waals surface area contributed by atoms with Gasteiger partial charge >= 0.3 is 41.8 Å². The van der Waals surface area contributed by atoms with Gasteiger partial charge in [-0.25, -0.2) is 0 Å². The van der Waals surface area contributed by atoms with Crippen molar-refractivity contribution in [3.63, 3.8) is 0 Å². The number of hydrogen-bond donors (Lipinski definition) is 7. The number of aliphatic carboxylic acids is 7. The lowest BCUT2D eigenvalue weighted by Crippen LogP contribution is -2.01. The predicted octanol–water partition coefficient (Wildman–Crippen LogP) is 22.8. The van der Waals surface area contributed by atoms with E-state index in [2.05, 4.69) is 42.5 Å². The Kier molecular flexibility index (Phi) is 46.8. The molecule has 120 heavy (non-hydrogen) atoms. The Balaban J connectivity index is 0.000000218. The Morgan fingerprint density at radius 2 is 0.392 bits per heavy atom. The zero-order chi connectivity index (χ0) is 85.8. The molecule has 0 spiro atoms. The summed E-state index contributed by atoms with van der Waals surface area (Å²) in [6, 6.07) is 89.6. The Labute approximate surface area is 701 Å². The fourth-order valence-electron chi connectivity index (χ4n) is 11.8. The maximum absolute atomic E-state index is 10.4. The summed E-state index contributed by atoms with van der Waals surface area (Å²) in [6.07, 6.45) is 13.9. The fourth-order valence-corrected chi connectivity index (χ4v) is 11.8. The topological polar surface area (TPSA) is 326 Å². The number of unbranched alkanes of at least 4 members (excludes halogenated alkanes) is 9. The first kappa shape index (κ1) is 95.7. The maximum Gasteiger partial charge on any atom is 0.303 e. The summed E-state index contributed by atoms with van der Waals surface area (Å²) in [6.45, 7) is 4.06. The van der Waals surface area contributed by atoms with Crippen molar-refractivity contribution < 1.29 is 102 Å². The maximum atomic E-state index is 10.4. The second kappa shape index (κ2) is 58.6. The Morgan fingerprint density at radius 1 is 0.175 bits per heavy atom. The molecule has 0 amide bonds. The molecule has 0 saturated carbocycles. The first-order valence-electron chi connectivity index (χ1n) is 40.8. The van der Waals surface area contributed by atoms with E-state index in [9.17, 15) is 33.6 Å². The lowest BCUT2D eigenvalue weighted by Gasteiger charge is -2.09. The van der Waals surface area contributed by atoms with Crippen molar-refractivity contribution in [1.82, 2.24) is 0 Å². The third-order valence-electron chi connectivity index (χ3n) is 18.0. The molecule has 21 nitrogen and oxygen atoms in total. The van der Waals surface area contributed by atoms with Gasteiger partial charge in [0.05, 0.1) is 46.2 Å². The van der Waals surface area contributed by atoms with E-state index in [-0.39, 0.29) is 44.9 Å². The van der Waals surface area contributed by atoms with Crippen LogP contribution in [0.4, 0.5) is 0 Å². The number of rotatable bonds is 44. The summed E-state index contributed by atoms with van der Waals surface area (Å²) in [5.41, 5.74) is 0. The van der Waals surface area contributed by atoms with Gasteiger partial charge in [-0.3, -0.25) is 33.6 Å². The smallest absolute Gasteiger partial charge is 0.303 e. The van der Waals surface area contributed by atoms with E-state index in [4.69, 9.17) is 68.9 Å². The highest BCUT2D eigenvalue weighted by molar-refractivity contribution is 5.90. The van der Waals surface area contributed by atoms with E-state index in [1.807, 2.05) is 231 Å². The molecule has 0 aliphatic heterocycles. The van der Waals surface area contributed by atoms with Crippen LogP contribution < -0.4 is 33.2 Å². The fraction of sp³-hybridized carbons (Fsp3) is 0.303. The summed E-state index contributed by atoms with van der Waals surface area (Å²) in [7, 11) is 0. The minimum atomic E-state index is -0.785. The molecule has 0 saturated heterocycles. The van der Waals surface area contributed by atoms with Gasteiger partial charge in [-0.1, -0.05) is 200 Å².